The molecule has 0 radical (unpaired) electrons. The topological polar surface area (TPSA) is 9.23 Å². The Hall–Kier alpha value is -0.0831. The van der Waals surface area contributed by atoms with Crippen LogP contribution >= 0.6 is 0 Å². The number of hydrogen-bond acceptors (Lipinski definition) is 1. The third-order valence-electron chi connectivity index (χ3n) is 1.56. The number of rotatable bonds is 4. The monoisotopic (exact) mass is 158 g/mol. The molecule has 0 spiro atoms. The molecule has 0 aromatic heterocycles. The molecule has 0 fully saturated rings. The minimum atomic E-state index is -1.30. The molecule has 0 rings (SSSR count). The zero-order chi connectivity index (χ0) is 8.04. The summed E-state index contributed by atoms with van der Waals surface area (Å²) in [4.78, 5) is 0. The van der Waals surface area contributed by atoms with E-state index in [1.807, 2.05) is 7.11 Å². The van der Waals surface area contributed by atoms with Gasteiger partial charge in [0.2, 0.25) is 0 Å². The van der Waals surface area contributed by atoms with E-state index in [-0.39, 0.29) is 0 Å². The van der Waals surface area contributed by atoms with Crippen molar-refractivity contribution in [2.75, 3.05) is 7.11 Å². The van der Waals surface area contributed by atoms with Gasteiger partial charge in [0.05, 0.1) is 0 Å². The van der Waals surface area contributed by atoms with Crippen molar-refractivity contribution in [3.05, 3.63) is 12.2 Å². The fourth-order valence-corrected chi connectivity index (χ4v) is 1.52. The smallest absolute Gasteiger partial charge is 0.189 e. The van der Waals surface area contributed by atoms with Crippen LogP contribution in [-0.4, -0.2) is 15.4 Å². The Morgan fingerprint density at radius 2 is 1.90 bits per heavy atom. The van der Waals surface area contributed by atoms with Crippen LogP contribution < -0.4 is 0 Å². The maximum atomic E-state index is 5.37. The molecule has 0 aromatic rings. The molecule has 1 nitrogen and oxygen atoms in total. The van der Waals surface area contributed by atoms with Crippen molar-refractivity contribution in [3.63, 3.8) is 0 Å². The van der Waals surface area contributed by atoms with Gasteiger partial charge in [-0.25, -0.2) is 0 Å². The van der Waals surface area contributed by atoms with Gasteiger partial charge in [0, 0.05) is 7.11 Å². The molecule has 0 atom stereocenters. The average Bonchev–Trinajstić information content (AvgIpc) is 1.89. The molecule has 0 bridgehead atoms. The lowest BCUT2D eigenvalue weighted by molar-refractivity contribution is 0.407. The number of allylic oxidation sites excluding steroid dienone is 2. The van der Waals surface area contributed by atoms with E-state index in [2.05, 4.69) is 32.2 Å². The van der Waals surface area contributed by atoms with E-state index in [9.17, 15) is 0 Å². The van der Waals surface area contributed by atoms with Gasteiger partial charge in [0.15, 0.2) is 8.32 Å². The summed E-state index contributed by atoms with van der Waals surface area (Å²) >= 11 is 0. The Bertz CT molecular complexity index is 108. The maximum absolute atomic E-state index is 5.37. The molecule has 0 aliphatic carbocycles. The third kappa shape index (κ3) is 4.76. The van der Waals surface area contributed by atoms with Crippen molar-refractivity contribution in [1.29, 1.82) is 0 Å². The van der Waals surface area contributed by atoms with Gasteiger partial charge < -0.3 is 4.43 Å². The molecule has 0 aromatic carbocycles. The first-order chi connectivity index (χ1) is 4.62. The summed E-state index contributed by atoms with van der Waals surface area (Å²) in [6.07, 6.45) is 5.57. The molecular formula is C8H18OSi. The second-order valence-electron chi connectivity index (χ2n) is 3.05. The Morgan fingerprint density at radius 3 is 2.30 bits per heavy atom. The van der Waals surface area contributed by atoms with Gasteiger partial charge in [-0.15, -0.1) is 0 Å². The van der Waals surface area contributed by atoms with Crippen molar-refractivity contribution in [1.82, 2.24) is 0 Å². The Kier molecular flexibility index (Phi) is 4.65. The lowest BCUT2D eigenvalue weighted by Gasteiger charge is -2.16. The molecule has 2 heteroatoms. The van der Waals surface area contributed by atoms with Crippen LogP contribution in [0.5, 0.6) is 0 Å². The summed E-state index contributed by atoms with van der Waals surface area (Å²) in [6, 6.07) is 1.14. The van der Waals surface area contributed by atoms with Crippen molar-refractivity contribution < 1.29 is 4.43 Å². The van der Waals surface area contributed by atoms with E-state index >= 15 is 0 Å². The lowest BCUT2D eigenvalue weighted by Crippen LogP contribution is -2.26. The van der Waals surface area contributed by atoms with Crippen LogP contribution in [0.15, 0.2) is 12.2 Å². The van der Waals surface area contributed by atoms with Crippen molar-refractivity contribution in [2.45, 2.75) is 32.5 Å². The Balaban J connectivity index is 3.56. The van der Waals surface area contributed by atoms with Gasteiger partial charge in [0.25, 0.3) is 0 Å². The maximum Gasteiger partial charge on any atom is 0.189 e. The van der Waals surface area contributed by atoms with E-state index in [0.29, 0.717) is 0 Å². The van der Waals surface area contributed by atoms with Gasteiger partial charge in [-0.1, -0.05) is 19.1 Å². The molecule has 0 saturated heterocycles. The first-order valence-corrected chi connectivity index (χ1v) is 6.94. The van der Waals surface area contributed by atoms with Crippen LogP contribution in [0.3, 0.4) is 0 Å². The zero-order valence-corrected chi connectivity index (χ0v) is 8.48. The second-order valence-corrected chi connectivity index (χ2v) is 7.38. The van der Waals surface area contributed by atoms with Crippen LogP contribution in [0.1, 0.15) is 13.3 Å². The highest BCUT2D eigenvalue weighted by Crippen LogP contribution is 2.09. The first-order valence-electron chi connectivity index (χ1n) is 3.82. The van der Waals surface area contributed by atoms with E-state index < -0.39 is 8.32 Å². The van der Waals surface area contributed by atoms with Crippen LogP contribution in [0.4, 0.5) is 0 Å². The van der Waals surface area contributed by atoms with Gasteiger partial charge in [-0.3, -0.25) is 0 Å². The van der Waals surface area contributed by atoms with Crippen LogP contribution in [0.2, 0.25) is 19.1 Å². The summed E-state index contributed by atoms with van der Waals surface area (Å²) < 4.78 is 5.37. The third-order valence-corrected chi connectivity index (χ3v) is 3.89. The SMILES string of the molecule is CC/C=C\C[Si](C)(C)OC. The summed E-state index contributed by atoms with van der Waals surface area (Å²) in [5.74, 6) is 0. The molecular weight excluding hydrogens is 140 g/mol. The normalized spacial score (nSPS) is 12.8. The highest BCUT2D eigenvalue weighted by atomic mass is 28.4. The number of hydrogen-bond donors (Lipinski definition) is 0. The molecule has 0 saturated carbocycles. The van der Waals surface area contributed by atoms with E-state index in [1.54, 1.807) is 0 Å². The Labute approximate surface area is 65.2 Å². The van der Waals surface area contributed by atoms with Crippen LogP contribution in [0, 0.1) is 0 Å². The van der Waals surface area contributed by atoms with Crippen molar-refractivity contribution >= 4 is 8.32 Å². The van der Waals surface area contributed by atoms with Gasteiger partial charge in [0.1, 0.15) is 0 Å². The van der Waals surface area contributed by atoms with Gasteiger partial charge >= 0.3 is 0 Å². The molecule has 0 aliphatic heterocycles. The first kappa shape index (κ1) is 9.92. The fraction of sp³-hybridized carbons (Fsp3) is 0.750. The van der Waals surface area contributed by atoms with Crippen LogP contribution in [-0.2, 0) is 4.43 Å². The summed E-state index contributed by atoms with van der Waals surface area (Å²) in [7, 11) is 0.510. The second kappa shape index (κ2) is 4.69. The molecule has 0 amide bonds. The zero-order valence-electron chi connectivity index (χ0n) is 7.48. The quantitative estimate of drug-likeness (QED) is 0.451. The molecule has 0 N–H and O–H groups in total. The summed E-state index contributed by atoms with van der Waals surface area (Å²) in [5, 5.41) is 0. The van der Waals surface area contributed by atoms with Crippen molar-refractivity contribution in [2.24, 2.45) is 0 Å². The average molecular weight is 158 g/mol. The molecule has 0 unspecified atom stereocenters. The summed E-state index contributed by atoms with van der Waals surface area (Å²) in [5.41, 5.74) is 0. The predicted octanol–water partition coefficient (Wildman–Crippen LogP) is 2.80. The fourth-order valence-electron chi connectivity index (χ4n) is 0.617. The largest absolute Gasteiger partial charge is 0.420 e. The molecule has 60 valence electrons. The van der Waals surface area contributed by atoms with Gasteiger partial charge in [-0.2, -0.15) is 0 Å². The molecule has 10 heavy (non-hydrogen) atoms. The van der Waals surface area contributed by atoms with E-state index in [0.717, 1.165) is 12.5 Å². The standard InChI is InChI=1S/C8H18OSi/c1-5-6-7-8-10(3,4)9-2/h6-7H,5,8H2,1-4H3/b7-6-. The highest BCUT2D eigenvalue weighted by molar-refractivity contribution is 6.71. The minimum absolute atomic E-state index is 1.13. The Morgan fingerprint density at radius 1 is 1.30 bits per heavy atom. The van der Waals surface area contributed by atoms with Crippen molar-refractivity contribution in [3.8, 4) is 0 Å². The highest BCUT2D eigenvalue weighted by Gasteiger charge is 2.17. The van der Waals surface area contributed by atoms with E-state index in [4.69, 9.17) is 4.43 Å². The summed E-state index contributed by atoms with van der Waals surface area (Å²) in [6.45, 7) is 6.61. The van der Waals surface area contributed by atoms with Gasteiger partial charge in [-0.05, 0) is 25.6 Å². The van der Waals surface area contributed by atoms with E-state index in [1.165, 1.54) is 0 Å². The lowest BCUT2D eigenvalue weighted by atomic mass is 10.4. The predicted molar refractivity (Wildman–Crippen MR) is 48.7 cm³/mol. The molecule has 0 aliphatic rings. The minimum Gasteiger partial charge on any atom is -0.420 e. The van der Waals surface area contributed by atoms with Crippen LogP contribution in [0.25, 0.3) is 0 Å². The molecule has 0 heterocycles.